The van der Waals surface area contributed by atoms with Crippen LogP contribution in [0.2, 0.25) is 4.34 Å². The van der Waals surface area contributed by atoms with Crippen molar-refractivity contribution in [3.05, 3.63) is 27.4 Å². The van der Waals surface area contributed by atoms with E-state index in [1.807, 2.05) is 0 Å². The van der Waals surface area contributed by atoms with E-state index in [1.165, 1.54) is 11.3 Å². The third kappa shape index (κ3) is 1.85. The highest BCUT2D eigenvalue weighted by Crippen LogP contribution is 2.31. The van der Waals surface area contributed by atoms with Crippen LogP contribution in [-0.4, -0.2) is 16.7 Å². The van der Waals surface area contributed by atoms with Gasteiger partial charge in [0.2, 0.25) is 0 Å². The highest BCUT2D eigenvalue weighted by molar-refractivity contribution is 7.15. The molecule has 0 fully saturated rings. The van der Waals surface area contributed by atoms with Crippen molar-refractivity contribution in [2.45, 2.75) is 12.5 Å². The molecule has 2 heterocycles. The molecule has 5 heteroatoms. The Bertz CT molecular complexity index is 337. The summed E-state index contributed by atoms with van der Waals surface area (Å²) in [6.45, 7) is 0.644. The zero-order valence-corrected chi connectivity index (χ0v) is 8.31. The van der Waals surface area contributed by atoms with Gasteiger partial charge in [0.05, 0.1) is 19.1 Å². The largest absolute Gasteiger partial charge is 0.501 e. The number of rotatable bonds is 2. The van der Waals surface area contributed by atoms with Crippen LogP contribution in [0.5, 0.6) is 0 Å². The minimum Gasteiger partial charge on any atom is -0.501 e. The molecule has 3 nitrogen and oxygen atoms in total. The van der Waals surface area contributed by atoms with Crippen LogP contribution in [0.25, 0.3) is 0 Å². The van der Waals surface area contributed by atoms with Crippen molar-refractivity contribution < 1.29 is 9.84 Å². The Morgan fingerprint density at radius 2 is 2.54 bits per heavy atom. The highest BCUT2D eigenvalue weighted by Gasteiger charge is 2.20. The maximum atomic E-state index is 9.77. The predicted octanol–water partition coefficient (Wildman–Crippen LogP) is 2.13. The summed E-state index contributed by atoms with van der Waals surface area (Å²) < 4.78 is 5.62. The zero-order valence-electron chi connectivity index (χ0n) is 6.74. The molecule has 1 N–H and O–H groups in total. The number of nitrogens with zero attached hydrogens (tertiary/aromatic N) is 1. The molecule has 0 bridgehead atoms. The monoisotopic (exact) mass is 217 g/mol. The van der Waals surface area contributed by atoms with Crippen LogP contribution in [-0.2, 0) is 4.74 Å². The third-order valence-corrected chi connectivity index (χ3v) is 2.99. The van der Waals surface area contributed by atoms with Gasteiger partial charge in [0.25, 0.3) is 0 Å². The lowest BCUT2D eigenvalue weighted by Gasteiger charge is -2.05. The molecule has 1 aliphatic heterocycles. The van der Waals surface area contributed by atoms with E-state index >= 15 is 0 Å². The van der Waals surface area contributed by atoms with E-state index < -0.39 is 6.10 Å². The highest BCUT2D eigenvalue weighted by atomic mass is 35.5. The maximum absolute atomic E-state index is 9.77. The number of ether oxygens (including phenoxy) is 1. The second-order valence-corrected chi connectivity index (χ2v) is 4.41. The summed E-state index contributed by atoms with van der Waals surface area (Å²) in [6.07, 6.45) is 3.25. The number of hydrogen-bond donors (Lipinski definition) is 1. The molecule has 0 radical (unpaired) electrons. The third-order valence-electron chi connectivity index (χ3n) is 1.82. The van der Waals surface area contributed by atoms with E-state index in [0.717, 1.165) is 12.0 Å². The molecule has 1 aliphatic rings. The predicted molar refractivity (Wildman–Crippen MR) is 50.7 cm³/mol. The van der Waals surface area contributed by atoms with Gasteiger partial charge in [-0.2, -0.15) is 0 Å². The van der Waals surface area contributed by atoms with Gasteiger partial charge in [0.15, 0.2) is 0 Å². The van der Waals surface area contributed by atoms with Crippen LogP contribution < -0.4 is 0 Å². The molecular weight excluding hydrogens is 210 g/mol. The fourth-order valence-electron chi connectivity index (χ4n) is 1.15. The number of halogens is 1. The first kappa shape index (κ1) is 8.99. The lowest BCUT2D eigenvalue weighted by Crippen LogP contribution is -1.99. The molecule has 2 rings (SSSR count). The standard InChI is InChI=1S/C8H8ClNO2S/c9-6-3-10-8(13-6)7(11)5-1-2-12-4-5/h3-4,7,11H,1-2H2. The minimum absolute atomic E-state index is 0.591. The molecule has 0 spiro atoms. The Morgan fingerprint density at radius 3 is 3.08 bits per heavy atom. The molecule has 0 aliphatic carbocycles. The van der Waals surface area contributed by atoms with Gasteiger partial charge < -0.3 is 9.84 Å². The molecule has 13 heavy (non-hydrogen) atoms. The summed E-state index contributed by atoms with van der Waals surface area (Å²) >= 11 is 7.00. The van der Waals surface area contributed by atoms with Crippen molar-refractivity contribution in [3.63, 3.8) is 0 Å². The Labute approximate surface area is 84.6 Å². The Morgan fingerprint density at radius 1 is 1.69 bits per heavy atom. The summed E-state index contributed by atoms with van der Waals surface area (Å²) in [5.41, 5.74) is 0.867. The van der Waals surface area contributed by atoms with Crippen LogP contribution in [0.1, 0.15) is 17.5 Å². The van der Waals surface area contributed by atoms with E-state index in [0.29, 0.717) is 16.0 Å². The van der Waals surface area contributed by atoms with Crippen LogP contribution in [0.3, 0.4) is 0 Å². The van der Waals surface area contributed by atoms with Crippen molar-refractivity contribution in [2.75, 3.05) is 6.61 Å². The van der Waals surface area contributed by atoms with Gasteiger partial charge in [0, 0.05) is 12.0 Å². The van der Waals surface area contributed by atoms with Crippen LogP contribution in [0.15, 0.2) is 18.0 Å². The number of hydrogen-bond acceptors (Lipinski definition) is 4. The fourth-order valence-corrected chi connectivity index (χ4v) is 2.11. The number of thiazole rings is 1. The second-order valence-electron chi connectivity index (χ2n) is 2.72. The topological polar surface area (TPSA) is 42.4 Å². The van der Waals surface area contributed by atoms with E-state index in [4.69, 9.17) is 16.3 Å². The van der Waals surface area contributed by atoms with Gasteiger partial charge in [-0.15, -0.1) is 11.3 Å². The average molecular weight is 218 g/mol. The van der Waals surface area contributed by atoms with E-state index in [1.54, 1.807) is 12.5 Å². The van der Waals surface area contributed by atoms with Crippen molar-refractivity contribution in [1.82, 2.24) is 4.98 Å². The molecule has 1 aromatic rings. The Hall–Kier alpha value is -0.580. The first-order valence-corrected chi connectivity index (χ1v) is 5.06. The van der Waals surface area contributed by atoms with Crippen LogP contribution in [0.4, 0.5) is 0 Å². The number of aliphatic hydroxyl groups excluding tert-OH is 1. The van der Waals surface area contributed by atoms with Crippen molar-refractivity contribution in [3.8, 4) is 0 Å². The summed E-state index contributed by atoms with van der Waals surface area (Å²) in [5, 5.41) is 10.4. The summed E-state index contributed by atoms with van der Waals surface area (Å²) in [5.74, 6) is 0. The van der Waals surface area contributed by atoms with Gasteiger partial charge in [-0.1, -0.05) is 11.6 Å². The molecule has 0 saturated carbocycles. The lowest BCUT2D eigenvalue weighted by molar-refractivity contribution is 0.212. The van der Waals surface area contributed by atoms with Crippen LogP contribution >= 0.6 is 22.9 Å². The number of aromatic nitrogens is 1. The van der Waals surface area contributed by atoms with E-state index in [-0.39, 0.29) is 0 Å². The quantitative estimate of drug-likeness (QED) is 0.826. The van der Waals surface area contributed by atoms with Gasteiger partial charge in [-0.3, -0.25) is 0 Å². The smallest absolute Gasteiger partial charge is 0.130 e. The zero-order chi connectivity index (χ0) is 9.26. The first-order chi connectivity index (χ1) is 6.27. The molecular formula is C8H8ClNO2S. The normalized spacial score (nSPS) is 18.2. The van der Waals surface area contributed by atoms with Gasteiger partial charge in [-0.25, -0.2) is 4.98 Å². The molecule has 0 aromatic carbocycles. The molecule has 0 saturated heterocycles. The van der Waals surface area contributed by atoms with E-state index in [2.05, 4.69) is 4.98 Å². The van der Waals surface area contributed by atoms with Gasteiger partial charge >= 0.3 is 0 Å². The van der Waals surface area contributed by atoms with Crippen molar-refractivity contribution >= 4 is 22.9 Å². The molecule has 1 atom stereocenters. The maximum Gasteiger partial charge on any atom is 0.130 e. The summed E-state index contributed by atoms with van der Waals surface area (Å²) in [7, 11) is 0. The molecule has 1 aromatic heterocycles. The Balaban J connectivity index is 2.16. The lowest BCUT2D eigenvalue weighted by atomic mass is 10.1. The molecule has 0 amide bonds. The van der Waals surface area contributed by atoms with Gasteiger partial charge in [0.1, 0.15) is 15.4 Å². The fraction of sp³-hybridized carbons (Fsp3) is 0.375. The summed E-state index contributed by atoms with van der Waals surface area (Å²) in [4.78, 5) is 4.00. The number of aliphatic hydroxyl groups is 1. The summed E-state index contributed by atoms with van der Waals surface area (Å²) in [6, 6.07) is 0. The minimum atomic E-state index is -0.653. The SMILES string of the molecule is OC(C1=COCC1)c1ncc(Cl)s1. The van der Waals surface area contributed by atoms with E-state index in [9.17, 15) is 5.11 Å². The average Bonchev–Trinajstić information content (AvgIpc) is 2.72. The van der Waals surface area contributed by atoms with Gasteiger partial charge in [-0.05, 0) is 0 Å². The second kappa shape index (κ2) is 3.65. The van der Waals surface area contributed by atoms with Crippen LogP contribution in [0, 0.1) is 0 Å². The first-order valence-electron chi connectivity index (χ1n) is 3.87. The Kier molecular flexibility index (Phi) is 2.53. The van der Waals surface area contributed by atoms with Crippen molar-refractivity contribution in [2.24, 2.45) is 0 Å². The molecule has 70 valence electrons. The van der Waals surface area contributed by atoms with Crippen molar-refractivity contribution in [1.29, 1.82) is 0 Å². The molecule has 1 unspecified atom stereocenters.